The number of aryl methyl sites for hydroxylation is 3. The molecule has 94 valence electrons. The number of halogens is 1. The van der Waals surface area contributed by atoms with Gasteiger partial charge in [-0.25, -0.2) is 0 Å². The summed E-state index contributed by atoms with van der Waals surface area (Å²) in [6.45, 7) is 7.18. The fourth-order valence-electron chi connectivity index (χ4n) is 2.01. The maximum Gasteiger partial charge on any atom is 0.0410 e. The monoisotopic (exact) mass is 259 g/mol. The number of rotatable bonds is 3. The summed E-state index contributed by atoms with van der Waals surface area (Å²) in [6, 6.07) is 12.5. The molecule has 0 aliphatic rings. The van der Waals surface area contributed by atoms with Crippen molar-refractivity contribution in [2.75, 3.05) is 5.32 Å². The highest BCUT2D eigenvalue weighted by atomic mass is 35.5. The molecule has 0 saturated heterocycles. The van der Waals surface area contributed by atoms with Crippen molar-refractivity contribution in [1.29, 1.82) is 0 Å². The Labute approximate surface area is 114 Å². The molecule has 0 spiro atoms. The summed E-state index contributed by atoms with van der Waals surface area (Å²) in [5, 5.41) is 4.25. The first-order chi connectivity index (χ1) is 8.56. The second-order valence-corrected chi connectivity index (χ2v) is 5.18. The van der Waals surface area contributed by atoms with Gasteiger partial charge in [0.1, 0.15) is 0 Å². The SMILES string of the molecule is Cc1ccc(C)c(CNc2ccc(Cl)cc2C)c1. The van der Waals surface area contributed by atoms with E-state index in [4.69, 9.17) is 11.6 Å². The van der Waals surface area contributed by atoms with Crippen LogP contribution in [0.2, 0.25) is 5.02 Å². The fourth-order valence-corrected chi connectivity index (χ4v) is 2.23. The Morgan fingerprint density at radius 1 is 0.944 bits per heavy atom. The molecule has 0 atom stereocenters. The molecule has 0 radical (unpaired) electrons. The minimum Gasteiger partial charge on any atom is -0.381 e. The molecule has 0 saturated carbocycles. The van der Waals surface area contributed by atoms with Crippen LogP contribution in [0.15, 0.2) is 36.4 Å². The highest BCUT2D eigenvalue weighted by Gasteiger charge is 2.01. The molecule has 2 rings (SSSR count). The quantitative estimate of drug-likeness (QED) is 0.829. The van der Waals surface area contributed by atoms with E-state index >= 15 is 0 Å². The average Bonchev–Trinajstić information content (AvgIpc) is 2.32. The number of anilines is 1. The normalized spacial score (nSPS) is 10.4. The van der Waals surface area contributed by atoms with Crippen LogP contribution < -0.4 is 5.32 Å². The van der Waals surface area contributed by atoms with Gasteiger partial charge in [-0.2, -0.15) is 0 Å². The first-order valence-corrected chi connectivity index (χ1v) is 6.50. The van der Waals surface area contributed by atoms with Gasteiger partial charge in [-0.1, -0.05) is 35.4 Å². The number of benzene rings is 2. The van der Waals surface area contributed by atoms with E-state index in [1.54, 1.807) is 0 Å². The van der Waals surface area contributed by atoms with Gasteiger partial charge in [0.05, 0.1) is 0 Å². The molecule has 18 heavy (non-hydrogen) atoms. The standard InChI is InChI=1S/C16H18ClN/c1-11-4-5-12(2)14(8-11)10-18-16-7-6-15(17)9-13(16)3/h4-9,18H,10H2,1-3H3. The molecule has 0 aromatic heterocycles. The largest absolute Gasteiger partial charge is 0.381 e. The number of hydrogen-bond donors (Lipinski definition) is 1. The lowest BCUT2D eigenvalue weighted by Gasteiger charge is -2.12. The smallest absolute Gasteiger partial charge is 0.0410 e. The van der Waals surface area contributed by atoms with E-state index < -0.39 is 0 Å². The van der Waals surface area contributed by atoms with Crippen LogP contribution in [0.1, 0.15) is 22.3 Å². The third-order valence-corrected chi connectivity index (χ3v) is 3.40. The van der Waals surface area contributed by atoms with Crippen LogP contribution in [0.5, 0.6) is 0 Å². The van der Waals surface area contributed by atoms with Gasteiger partial charge in [-0.3, -0.25) is 0 Å². The molecular weight excluding hydrogens is 242 g/mol. The van der Waals surface area contributed by atoms with Crippen LogP contribution >= 0.6 is 11.6 Å². The van der Waals surface area contributed by atoms with Crippen LogP contribution in [-0.2, 0) is 6.54 Å². The van der Waals surface area contributed by atoms with Gasteiger partial charge in [0, 0.05) is 17.3 Å². The lowest BCUT2D eigenvalue weighted by atomic mass is 10.1. The summed E-state index contributed by atoms with van der Waals surface area (Å²) in [6.07, 6.45) is 0. The molecule has 0 bridgehead atoms. The van der Waals surface area contributed by atoms with Crippen molar-refractivity contribution >= 4 is 17.3 Å². The molecule has 2 aromatic carbocycles. The van der Waals surface area contributed by atoms with Gasteiger partial charge in [0.15, 0.2) is 0 Å². The van der Waals surface area contributed by atoms with Crippen molar-refractivity contribution in [3.63, 3.8) is 0 Å². The zero-order valence-corrected chi connectivity index (χ0v) is 11.8. The van der Waals surface area contributed by atoms with E-state index in [1.807, 2.05) is 18.2 Å². The van der Waals surface area contributed by atoms with Gasteiger partial charge in [0.2, 0.25) is 0 Å². The van der Waals surface area contributed by atoms with Crippen molar-refractivity contribution < 1.29 is 0 Å². The van der Waals surface area contributed by atoms with Gasteiger partial charge < -0.3 is 5.32 Å². The maximum absolute atomic E-state index is 5.95. The lowest BCUT2D eigenvalue weighted by Crippen LogP contribution is -2.03. The molecule has 0 amide bonds. The van der Waals surface area contributed by atoms with Gasteiger partial charge in [-0.15, -0.1) is 0 Å². The number of nitrogens with one attached hydrogen (secondary N) is 1. The van der Waals surface area contributed by atoms with Gasteiger partial charge in [-0.05, 0) is 55.7 Å². The Balaban J connectivity index is 2.13. The molecule has 0 fully saturated rings. The number of hydrogen-bond acceptors (Lipinski definition) is 1. The van der Waals surface area contributed by atoms with Gasteiger partial charge >= 0.3 is 0 Å². The lowest BCUT2D eigenvalue weighted by molar-refractivity contribution is 1.10. The molecule has 0 heterocycles. The summed E-state index contributed by atoms with van der Waals surface area (Å²) in [4.78, 5) is 0. The zero-order valence-electron chi connectivity index (χ0n) is 11.0. The van der Waals surface area contributed by atoms with E-state index in [-0.39, 0.29) is 0 Å². The van der Waals surface area contributed by atoms with Crippen LogP contribution in [0.25, 0.3) is 0 Å². The summed E-state index contributed by atoms with van der Waals surface area (Å²) in [5.41, 5.74) is 6.27. The molecule has 0 aliphatic carbocycles. The zero-order chi connectivity index (χ0) is 13.1. The van der Waals surface area contributed by atoms with E-state index in [0.717, 1.165) is 17.3 Å². The van der Waals surface area contributed by atoms with Crippen LogP contribution in [0.4, 0.5) is 5.69 Å². The Bertz CT molecular complexity index is 561. The minimum atomic E-state index is 0.782. The van der Waals surface area contributed by atoms with Crippen molar-refractivity contribution in [2.45, 2.75) is 27.3 Å². The maximum atomic E-state index is 5.95. The highest BCUT2D eigenvalue weighted by molar-refractivity contribution is 6.30. The van der Waals surface area contributed by atoms with Gasteiger partial charge in [0.25, 0.3) is 0 Å². The minimum absolute atomic E-state index is 0.782. The molecule has 2 heteroatoms. The Morgan fingerprint density at radius 3 is 2.44 bits per heavy atom. The summed E-state index contributed by atoms with van der Waals surface area (Å²) in [7, 11) is 0. The first-order valence-electron chi connectivity index (χ1n) is 6.12. The molecule has 2 aromatic rings. The Morgan fingerprint density at radius 2 is 1.72 bits per heavy atom. The highest BCUT2D eigenvalue weighted by Crippen LogP contribution is 2.21. The summed E-state index contributed by atoms with van der Waals surface area (Å²) in [5.74, 6) is 0. The predicted octanol–water partition coefficient (Wildman–Crippen LogP) is 4.88. The van der Waals surface area contributed by atoms with Crippen molar-refractivity contribution in [3.05, 3.63) is 63.7 Å². The van der Waals surface area contributed by atoms with E-state index in [1.165, 1.54) is 22.3 Å². The average molecular weight is 260 g/mol. The van der Waals surface area contributed by atoms with Crippen LogP contribution in [0, 0.1) is 20.8 Å². The first kappa shape index (κ1) is 13.0. The van der Waals surface area contributed by atoms with E-state index in [2.05, 4.69) is 44.3 Å². The third-order valence-electron chi connectivity index (χ3n) is 3.16. The molecule has 0 unspecified atom stereocenters. The van der Waals surface area contributed by atoms with Crippen molar-refractivity contribution in [1.82, 2.24) is 0 Å². The third kappa shape index (κ3) is 3.05. The predicted molar refractivity (Wildman–Crippen MR) is 79.4 cm³/mol. The summed E-state index contributed by atoms with van der Waals surface area (Å²) >= 11 is 5.95. The van der Waals surface area contributed by atoms with Crippen LogP contribution in [-0.4, -0.2) is 0 Å². The van der Waals surface area contributed by atoms with Crippen LogP contribution in [0.3, 0.4) is 0 Å². The second-order valence-electron chi connectivity index (χ2n) is 4.74. The fraction of sp³-hybridized carbons (Fsp3) is 0.250. The van der Waals surface area contributed by atoms with E-state index in [0.29, 0.717) is 0 Å². The molecular formula is C16H18ClN. The van der Waals surface area contributed by atoms with Crippen molar-refractivity contribution in [3.8, 4) is 0 Å². The van der Waals surface area contributed by atoms with E-state index in [9.17, 15) is 0 Å². The van der Waals surface area contributed by atoms with Crippen molar-refractivity contribution in [2.24, 2.45) is 0 Å². The molecule has 0 aliphatic heterocycles. The molecule has 1 nitrogen and oxygen atoms in total. The second kappa shape index (κ2) is 5.45. The summed E-state index contributed by atoms with van der Waals surface area (Å²) < 4.78 is 0. The Kier molecular flexibility index (Phi) is 3.93. The molecule has 1 N–H and O–H groups in total. The topological polar surface area (TPSA) is 12.0 Å². The Hall–Kier alpha value is -1.47.